The summed E-state index contributed by atoms with van der Waals surface area (Å²) in [6.07, 6.45) is 2.31. The normalized spacial score (nSPS) is 17.1. The molecule has 1 aliphatic heterocycles. The monoisotopic (exact) mass is 395 g/mol. The van der Waals surface area contributed by atoms with Crippen molar-refractivity contribution in [3.63, 3.8) is 0 Å². The molecule has 0 radical (unpaired) electrons. The molecule has 2 aromatic rings. The Hall–Kier alpha value is -2.30. The van der Waals surface area contributed by atoms with E-state index in [4.69, 9.17) is 14.0 Å². The first-order valence-electron chi connectivity index (χ1n) is 8.68. The highest BCUT2D eigenvalue weighted by Crippen LogP contribution is 2.15. The molecule has 1 fully saturated rings. The molecule has 146 valence electrons. The summed E-state index contributed by atoms with van der Waals surface area (Å²) < 4.78 is 42.6. The van der Waals surface area contributed by atoms with E-state index in [0.717, 1.165) is 12.8 Å². The SMILES string of the molecule is CCc1noc(COC(=O)c2ccc(S(=O)(=O)NCC3CCCO3)cc2)n1. The van der Waals surface area contributed by atoms with Crippen LogP contribution in [0.3, 0.4) is 0 Å². The molecule has 0 spiro atoms. The lowest BCUT2D eigenvalue weighted by molar-refractivity contribution is 0.0429. The number of hydrogen-bond acceptors (Lipinski definition) is 8. The number of carbonyl (C=O) groups is 1. The molecule has 1 N–H and O–H groups in total. The van der Waals surface area contributed by atoms with Gasteiger partial charge in [-0.15, -0.1) is 0 Å². The van der Waals surface area contributed by atoms with E-state index in [1.165, 1.54) is 24.3 Å². The van der Waals surface area contributed by atoms with Crippen LogP contribution in [0.4, 0.5) is 0 Å². The minimum absolute atomic E-state index is 0.0709. The lowest BCUT2D eigenvalue weighted by Gasteiger charge is -2.11. The number of hydrogen-bond donors (Lipinski definition) is 1. The number of aromatic nitrogens is 2. The second kappa shape index (κ2) is 8.59. The van der Waals surface area contributed by atoms with Crippen molar-refractivity contribution in [2.24, 2.45) is 0 Å². The van der Waals surface area contributed by atoms with E-state index in [9.17, 15) is 13.2 Å². The van der Waals surface area contributed by atoms with E-state index in [1.807, 2.05) is 6.92 Å². The molecule has 1 aromatic heterocycles. The van der Waals surface area contributed by atoms with Gasteiger partial charge in [-0.3, -0.25) is 0 Å². The van der Waals surface area contributed by atoms with Gasteiger partial charge in [-0.05, 0) is 37.1 Å². The fraction of sp³-hybridized carbons (Fsp3) is 0.471. The zero-order valence-corrected chi connectivity index (χ0v) is 15.7. The van der Waals surface area contributed by atoms with Crippen LogP contribution < -0.4 is 4.72 Å². The van der Waals surface area contributed by atoms with Crippen LogP contribution in [0, 0.1) is 0 Å². The van der Waals surface area contributed by atoms with Gasteiger partial charge in [-0.1, -0.05) is 12.1 Å². The summed E-state index contributed by atoms with van der Waals surface area (Å²) in [6.45, 7) is 2.63. The zero-order valence-electron chi connectivity index (χ0n) is 14.9. The van der Waals surface area contributed by atoms with Gasteiger partial charge < -0.3 is 14.0 Å². The number of carbonyl (C=O) groups excluding carboxylic acids is 1. The molecule has 0 bridgehead atoms. The van der Waals surface area contributed by atoms with Gasteiger partial charge in [0.2, 0.25) is 10.0 Å². The molecule has 1 saturated heterocycles. The van der Waals surface area contributed by atoms with Gasteiger partial charge in [0.15, 0.2) is 12.4 Å². The summed E-state index contributed by atoms with van der Waals surface area (Å²) in [4.78, 5) is 16.2. The molecule has 27 heavy (non-hydrogen) atoms. The number of benzene rings is 1. The molecule has 9 nitrogen and oxygen atoms in total. The fourth-order valence-corrected chi connectivity index (χ4v) is 3.63. The minimum Gasteiger partial charge on any atom is -0.452 e. The number of nitrogens with zero attached hydrogens (tertiary/aromatic N) is 2. The topological polar surface area (TPSA) is 121 Å². The Labute approximate surface area is 157 Å². The lowest BCUT2D eigenvalue weighted by atomic mass is 10.2. The summed E-state index contributed by atoms with van der Waals surface area (Å²) in [5, 5.41) is 3.71. The number of esters is 1. The second-order valence-electron chi connectivity index (χ2n) is 6.05. The van der Waals surface area contributed by atoms with Gasteiger partial charge in [-0.2, -0.15) is 4.98 Å². The van der Waals surface area contributed by atoms with Gasteiger partial charge in [0, 0.05) is 19.6 Å². The summed E-state index contributed by atoms with van der Waals surface area (Å²) in [6, 6.07) is 5.51. The minimum atomic E-state index is -3.66. The average Bonchev–Trinajstić information content (AvgIpc) is 3.36. The molecule has 1 atom stereocenters. The molecular formula is C17H21N3O6S. The Balaban J connectivity index is 1.55. The molecule has 10 heteroatoms. The summed E-state index contributed by atoms with van der Waals surface area (Å²) in [7, 11) is -3.66. The second-order valence-corrected chi connectivity index (χ2v) is 7.81. The first kappa shape index (κ1) is 19.5. The average molecular weight is 395 g/mol. The van der Waals surface area contributed by atoms with Crippen LogP contribution in [0.15, 0.2) is 33.7 Å². The van der Waals surface area contributed by atoms with Crippen LogP contribution in [0.2, 0.25) is 0 Å². The predicted octanol–water partition coefficient (Wildman–Crippen LogP) is 1.45. The van der Waals surface area contributed by atoms with E-state index in [0.29, 0.717) is 18.9 Å². The first-order valence-corrected chi connectivity index (χ1v) is 10.2. The van der Waals surface area contributed by atoms with Crippen molar-refractivity contribution in [1.29, 1.82) is 0 Å². The fourth-order valence-electron chi connectivity index (χ4n) is 2.56. The number of ether oxygens (including phenoxy) is 2. The number of rotatable bonds is 8. The maximum absolute atomic E-state index is 12.3. The van der Waals surface area contributed by atoms with Crippen molar-refractivity contribution in [1.82, 2.24) is 14.9 Å². The summed E-state index contributed by atoms with van der Waals surface area (Å²) in [5.41, 5.74) is 0.225. The van der Waals surface area contributed by atoms with Crippen molar-refractivity contribution in [2.75, 3.05) is 13.2 Å². The molecule has 0 saturated carbocycles. The third-order valence-corrected chi connectivity index (χ3v) is 5.52. The van der Waals surface area contributed by atoms with Crippen molar-refractivity contribution >= 4 is 16.0 Å². The Kier molecular flexibility index (Phi) is 6.19. The standard InChI is InChI=1S/C17H21N3O6S/c1-2-15-19-16(26-20-15)11-25-17(21)12-5-7-14(8-6-12)27(22,23)18-10-13-4-3-9-24-13/h5-8,13,18H,2-4,9-11H2,1H3. The van der Waals surface area contributed by atoms with Crippen LogP contribution in [0.5, 0.6) is 0 Å². The van der Waals surface area contributed by atoms with Crippen LogP contribution in [-0.4, -0.2) is 43.8 Å². The van der Waals surface area contributed by atoms with Crippen molar-refractivity contribution < 1.29 is 27.2 Å². The molecule has 3 rings (SSSR count). The molecular weight excluding hydrogens is 374 g/mol. The van der Waals surface area contributed by atoms with Crippen molar-refractivity contribution in [3.8, 4) is 0 Å². The van der Waals surface area contributed by atoms with Crippen LogP contribution in [0.25, 0.3) is 0 Å². The maximum Gasteiger partial charge on any atom is 0.338 e. The zero-order chi connectivity index (χ0) is 19.3. The van der Waals surface area contributed by atoms with Crippen molar-refractivity contribution in [3.05, 3.63) is 41.5 Å². The van der Waals surface area contributed by atoms with Gasteiger partial charge in [0.05, 0.1) is 16.6 Å². The molecule has 1 aliphatic rings. The highest BCUT2D eigenvalue weighted by atomic mass is 32.2. The molecule has 0 aliphatic carbocycles. The third kappa shape index (κ3) is 5.12. The first-order chi connectivity index (χ1) is 13.0. The highest BCUT2D eigenvalue weighted by molar-refractivity contribution is 7.89. The number of aryl methyl sites for hydroxylation is 1. The Morgan fingerprint density at radius 3 is 2.74 bits per heavy atom. The molecule has 2 heterocycles. The quantitative estimate of drug-likeness (QED) is 0.667. The van der Waals surface area contributed by atoms with E-state index >= 15 is 0 Å². The lowest BCUT2D eigenvalue weighted by Crippen LogP contribution is -2.31. The Morgan fingerprint density at radius 2 is 2.11 bits per heavy atom. The largest absolute Gasteiger partial charge is 0.452 e. The van der Waals surface area contributed by atoms with Crippen LogP contribution >= 0.6 is 0 Å². The number of sulfonamides is 1. The van der Waals surface area contributed by atoms with Gasteiger partial charge in [-0.25, -0.2) is 17.9 Å². The maximum atomic E-state index is 12.3. The van der Waals surface area contributed by atoms with Gasteiger partial charge in [0.1, 0.15) is 0 Å². The highest BCUT2D eigenvalue weighted by Gasteiger charge is 2.20. The third-order valence-electron chi connectivity index (χ3n) is 4.08. The molecule has 0 amide bonds. The van der Waals surface area contributed by atoms with Crippen LogP contribution in [-0.2, 0) is 32.5 Å². The molecule has 1 unspecified atom stereocenters. The van der Waals surface area contributed by atoms with Gasteiger partial charge >= 0.3 is 5.97 Å². The summed E-state index contributed by atoms with van der Waals surface area (Å²) in [5.74, 6) is 0.131. The van der Waals surface area contributed by atoms with Crippen LogP contribution in [0.1, 0.15) is 41.8 Å². The number of nitrogens with one attached hydrogen (secondary N) is 1. The predicted molar refractivity (Wildman–Crippen MR) is 93.4 cm³/mol. The van der Waals surface area contributed by atoms with E-state index in [-0.39, 0.29) is 35.6 Å². The Morgan fingerprint density at radius 1 is 1.33 bits per heavy atom. The van der Waals surface area contributed by atoms with Crippen molar-refractivity contribution in [2.45, 2.75) is 43.8 Å². The molecule has 1 aromatic carbocycles. The smallest absolute Gasteiger partial charge is 0.338 e. The van der Waals surface area contributed by atoms with E-state index in [2.05, 4.69) is 14.9 Å². The Bertz CT molecular complexity index is 872. The van der Waals surface area contributed by atoms with E-state index < -0.39 is 16.0 Å². The van der Waals surface area contributed by atoms with E-state index in [1.54, 1.807) is 0 Å². The van der Waals surface area contributed by atoms with Gasteiger partial charge in [0.25, 0.3) is 5.89 Å². The summed E-state index contributed by atoms with van der Waals surface area (Å²) >= 11 is 0.